The van der Waals surface area contributed by atoms with Crippen molar-refractivity contribution >= 4 is 23.7 Å². The SMILES string of the molecule is CN(CC(=O)O)Cc1ccc(C(=O)Oc2ccc(C(=N)N)cc2)o1.O=C(O)C(F)(F)F. The molecular weight excluding hydrogens is 427 g/mol. The minimum absolute atomic E-state index is 0.0179. The van der Waals surface area contributed by atoms with E-state index in [9.17, 15) is 22.8 Å². The number of hydrogen-bond donors (Lipinski definition) is 4. The number of carboxylic acids is 2. The maximum atomic E-state index is 12.0. The summed E-state index contributed by atoms with van der Waals surface area (Å²) < 4.78 is 42.3. The van der Waals surface area contributed by atoms with Gasteiger partial charge in [-0.2, -0.15) is 13.2 Å². The van der Waals surface area contributed by atoms with Crippen molar-refractivity contribution < 1.29 is 46.9 Å². The van der Waals surface area contributed by atoms with E-state index < -0.39 is 24.1 Å². The van der Waals surface area contributed by atoms with Crippen molar-refractivity contribution in [2.75, 3.05) is 13.6 Å². The Morgan fingerprint density at radius 3 is 2.13 bits per heavy atom. The van der Waals surface area contributed by atoms with Gasteiger partial charge in [0.25, 0.3) is 0 Å². The topological polar surface area (TPSA) is 167 Å². The number of benzene rings is 1. The van der Waals surface area contributed by atoms with Crippen LogP contribution in [0.1, 0.15) is 21.9 Å². The molecule has 0 atom stereocenters. The summed E-state index contributed by atoms with van der Waals surface area (Å²) in [4.78, 5) is 33.1. The number of nitrogen functional groups attached to an aromatic ring is 1. The molecule has 168 valence electrons. The number of ether oxygens (including phenoxy) is 1. The molecule has 0 aliphatic rings. The lowest BCUT2D eigenvalue weighted by Crippen LogP contribution is -2.24. The van der Waals surface area contributed by atoms with E-state index in [-0.39, 0.29) is 24.7 Å². The molecule has 0 saturated heterocycles. The van der Waals surface area contributed by atoms with Crippen molar-refractivity contribution in [1.82, 2.24) is 4.90 Å². The molecule has 2 rings (SSSR count). The fourth-order valence-corrected chi connectivity index (χ4v) is 1.99. The van der Waals surface area contributed by atoms with Crippen LogP contribution in [0.4, 0.5) is 13.2 Å². The van der Waals surface area contributed by atoms with Crippen molar-refractivity contribution in [3.05, 3.63) is 53.5 Å². The lowest BCUT2D eigenvalue weighted by atomic mass is 10.2. The molecule has 5 N–H and O–H groups in total. The summed E-state index contributed by atoms with van der Waals surface area (Å²) in [6.07, 6.45) is -5.08. The molecule has 0 radical (unpaired) electrons. The van der Waals surface area contributed by atoms with Gasteiger partial charge in [0.05, 0.1) is 13.1 Å². The Morgan fingerprint density at radius 2 is 1.68 bits per heavy atom. The van der Waals surface area contributed by atoms with Crippen molar-refractivity contribution in [2.45, 2.75) is 12.7 Å². The molecule has 1 aromatic heterocycles. The van der Waals surface area contributed by atoms with Gasteiger partial charge in [0.1, 0.15) is 17.3 Å². The van der Waals surface area contributed by atoms with Gasteiger partial charge in [-0.1, -0.05) is 0 Å². The number of rotatable bonds is 7. The Balaban J connectivity index is 0.000000592. The second-order valence-electron chi connectivity index (χ2n) is 5.96. The van der Waals surface area contributed by atoms with Gasteiger partial charge >= 0.3 is 24.1 Å². The minimum Gasteiger partial charge on any atom is -0.480 e. The quantitative estimate of drug-likeness (QED) is 0.215. The molecule has 0 aliphatic carbocycles. The van der Waals surface area contributed by atoms with E-state index in [1.54, 1.807) is 25.2 Å². The van der Waals surface area contributed by atoms with E-state index >= 15 is 0 Å². The third-order valence-electron chi connectivity index (χ3n) is 3.31. The zero-order valence-electron chi connectivity index (χ0n) is 16.0. The maximum absolute atomic E-state index is 12.0. The third-order valence-corrected chi connectivity index (χ3v) is 3.31. The molecule has 0 amide bonds. The predicted octanol–water partition coefficient (Wildman–Crippen LogP) is 1.93. The fourth-order valence-electron chi connectivity index (χ4n) is 1.99. The van der Waals surface area contributed by atoms with Gasteiger partial charge in [0.15, 0.2) is 0 Å². The van der Waals surface area contributed by atoms with E-state index in [0.717, 1.165) is 0 Å². The number of carboxylic acid groups (broad SMARTS) is 2. The van der Waals surface area contributed by atoms with Gasteiger partial charge in [-0.25, -0.2) is 9.59 Å². The summed E-state index contributed by atoms with van der Waals surface area (Å²) in [5, 5.41) is 23.1. The van der Waals surface area contributed by atoms with Crippen LogP contribution in [0.15, 0.2) is 40.8 Å². The highest BCUT2D eigenvalue weighted by Gasteiger charge is 2.38. The number of carbonyl (C=O) groups is 3. The lowest BCUT2D eigenvalue weighted by molar-refractivity contribution is -0.192. The lowest BCUT2D eigenvalue weighted by Gasteiger charge is -2.11. The summed E-state index contributed by atoms with van der Waals surface area (Å²) in [5.41, 5.74) is 5.87. The molecule has 1 aromatic carbocycles. The van der Waals surface area contributed by atoms with E-state index in [0.29, 0.717) is 17.1 Å². The van der Waals surface area contributed by atoms with E-state index in [4.69, 9.17) is 35.3 Å². The predicted molar refractivity (Wildman–Crippen MR) is 98.8 cm³/mol. The van der Waals surface area contributed by atoms with Crippen LogP contribution < -0.4 is 10.5 Å². The molecule has 2 aromatic rings. The number of furan rings is 1. The Bertz CT molecular complexity index is 940. The Kier molecular flexibility index (Phi) is 8.75. The van der Waals surface area contributed by atoms with E-state index in [1.165, 1.54) is 23.1 Å². The second-order valence-corrected chi connectivity index (χ2v) is 5.96. The van der Waals surface area contributed by atoms with Gasteiger partial charge in [-0.3, -0.25) is 15.1 Å². The summed E-state index contributed by atoms with van der Waals surface area (Å²) in [6, 6.07) is 9.25. The van der Waals surface area contributed by atoms with Crippen LogP contribution in [0.3, 0.4) is 0 Å². The Hall–Kier alpha value is -3.87. The monoisotopic (exact) mass is 445 g/mol. The molecule has 0 bridgehead atoms. The molecule has 13 heteroatoms. The van der Waals surface area contributed by atoms with Crippen LogP contribution in [0, 0.1) is 5.41 Å². The fraction of sp³-hybridized carbons (Fsp3) is 0.222. The normalized spacial score (nSPS) is 10.7. The van der Waals surface area contributed by atoms with Crippen LogP contribution in [-0.2, 0) is 16.1 Å². The highest BCUT2D eigenvalue weighted by molar-refractivity contribution is 5.95. The third kappa shape index (κ3) is 8.99. The zero-order chi connectivity index (χ0) is 23.8. The molecule has 0 fully saturated rings. The van der Waals surface area contributed by atoms with E-state index in [2.05, 4.69) is 0 Å². The average Bonchev–Trinajstić information content (AvgIpc) is 3.09. The van der Waals surface area contributed by atoms with Crippen LogP contribution in [0.2, 0.25) is 0 Å². The summed E-state index contributed by atoms with van der Waals surface area (Å²) in [7, 11) is 1.63. The molecule has 0 unspecified atom stereocenters. The molecule has 0 aliphatic heterocycles. The average molecular weight is 445 g/mol. The van der Waals surface area contributed by atoms with Gasteiger partial charge in [0, 0.05) is 5.56 Å². The number of carbonyl (C=O) groups excluding carboxylic acids is 1. The van der Waals surface area contributed by atoms with Gasteiger partial charge in [0.2, 0.25) is 5.76 Å². The standard InChI is InChI=1S/C16H17N3O5.C2HF3O2/c1-19(9-14(20)21)8-12-6-7-13(23-12)16(22)24-11-4-2-10(3-5-11)15(17)18;3-2(4,5)1(6)7/h2-7H,8-9H2,1H3,(H3,17,18)(H,20,21);(H,6,7). The second kappa shape index (κ2) is 10.8. The number of likely N-dealkylation sites (N-methyl/N-ethyl adjacent to an activating group) is 1. The Morgan fingerprint density at radius 1 is 1.13 bits per heavy atom. The van der Waals surface area contributed by atoms with Crippen molar-refractivity contribution in [1.29, 1.82) is 5.41 Å². The van der Waals surface area contributed by atoms with Crippen molar-refractivity contribution in [3.63, 3.8) is 0 Å². The molecule has 31 heavy (non-hydrogen) atoms. The Labute approximate surface area is 173 Å². The number of halogens is 3. The zero-order valence-corrected chi connectivity index (χ0v) is 16.0. The molecule has 0 spiro atoms. The maximum Gasteiger partial charge on any atom is 0.490 e. The molecular formula is C18H18F3N3O7. The van der Waals surface area contributed by atoms with Gasteiger partial charge < -0.3 is 25.1 Å². The van der Waals surface area contributed by atoms with E-state index in [1.807, 2.05) is 0 Å². The largest absolute Gasteiger partial charge is 0.490 e. The first-order valence-electron chi connectivity index (χ1n) is 8.25. The van der Waals surface area contributed by atoms with Crippen LogP contribution in [0.25, 0.3) is 0 Å². The number of nitrogens with two attached hydrogens (primary N) is 1. The number of aliphatic carboxylic acids is 2. The molecule has 1 heterocycles. The summed E-state index contributed by atoms with van der Waals surface area (Å²) in [5.74, 6) is -3.68. The number of nitrogens with one attached hydrogen (secondary N) is 1. The summed E-state index contributed by atoms with van der Waals surface area (Å²) in [6.45, 7) is 0.121. The number of amidine groups is 1. The van der Waals surface area contributed by atoms with Crippen LogP contribution >= 0.6 is 0 Å². The summed E-state index contributed by atoms with van der Waals surface area (Å²) >= 11 is 0. The first kappa shape index (κ1) is 25.2. The molecule has 10 nitrogen and oxygen atoms in total. The number of hydrogen-bond acceptors (Lipinski definition) is 7. The van der Waals surface area contributed by atoms with Crippen molar-refractivity contribution in [2.24, 2.45) is 5.73 Å². The van der Waals surface area contributed by atoms with Gasteiger partial charge in [-0.05, 0) is 43.4 Å². The van der Waals surface area contributed by atoms with Crippen LogP contribution in [0.5, 0.6) is 5.75 Å². The number of alkyl halides is 3. The first-order valence-corrected chi connectivity index (χ1v) is 8.25. The highest BCUT2D eigenvalue weighted by atomic mass is 19.4. The first-order chi connectivity index (χ1) is 14.3. The number of esters is 1. The number of nitrogens with zero attached hydrogens (tertiary/aromatic N) is 1. The highest BCUT2D eigenvalue weighted by Crippen LogP contribution is 2.16. The molecule has 0 saturated carbocycles. The van der Waals surface area contributed by atoms with Crippen LogP contribution in [-0.4, -0.2) is 58.6 Å². The smallest absolute Gasteiger partial charge is 0.480 e. The minimum atomic E-state index is -5.08. The van der Waals surface area contributed by atoms with Crippen molar-refractivity contribution in [3.8, 4) is 5.75 Å². The van der Waals surface area contributed by atoms with Gasteiger partial charge in [-0.15, -0.1) is 0 Å².